The summed E-state index contributed by atoms with van der Waals surface area (Å²) in [5.41, 5.74) is 1.54. The Morgan fingerprint density at radius 3 is 2.65 bits per heavy atom. The standard InChI is InChI=1S/C38H42ClFN4O7/c1-47-30-13-18-44(25-8-6-24(40)7-9-25)38(46)34(30)37(45)42-28-11-10-26(22-27(28)39)51-31-12-14-41-29-23-32(35-36(33(29)31)50-21-20-49-35)48-19-5-17-43-15-3-2-4-16-43/h6-14,18,22-23,32-33,35-36,38,46H,2-5,15-17,19-21H2,1H3,(H,42,45). The summed E-state index contributed by atoms with van der Waals surface area (Å²) in [6, 6.07) is 10.5. The van der Waals surface area contributed by atoms with Crippen LogP contribution in [0.3, 0.4) is 0 Å². The number of nitrogens with one attached hydrogen (secondary N) is 1. The molecule has 0 aromatic heterocycles. The predicted octanol–water partition coefficient (Wildman–Crippen LogP) is 5.58. The monoisotopic (exact) mass is 720 g/mol. The number of carbonyl (C=O) groups is 1. The van der Waals surface area contributed by atoms with E-state index in [2.05, 4.69) is 15.2 Å². The number of ether oxygens (including phenoxy) is 5. The maximum Gasteiger partial charge on any atom is 0.259 e. The van der Waals surface area contributed by atoms with Crippen LogP contribution in [-0.4, -0.2) is 93.2 Å². The van der Waals surface area contributed by atoms with Crippen molar-refractivity contribution in [3.05, 3.63) is 101 Å². The fourth-order valence-corrected chi connectivity index (χ4v) is 7.36. The molecule has 270 valence electrons. The third-order valence-electron chi connectivity index (χ3n) is 9.67. The van der Waals surface area contributed by atoms with E-state index >= 15 is 0 Å². The molecule has 0 saturated carbocycles. The Morgan fingerprint density at radius 1 is 1.10 bits per heavy atom. The highest BCUT2D eigenvalue weighted by molar-refractivity contribution is 6.34. The third kappa shape index (κ3) is 7.91. The number of aliphatic hydroxyl groups excluding tert-OH is 1. The lowest BCUT2D eigenvalue weighted by Crippen LogP contribution is -2.54. The SMILES string of the molecule is COC1=C(C(=O)Nc2ccc(OC3=CC=NC4=CC(OCCCN5CCCCC5)C5OCCOC5C43)cc2Cl)C(O)N(c2ccc(F)cc2)C=C1. The summed E-state index contributed by atoms with van der Waals surface area (Å²) in [4.78, 5) is 22.1. The van der Waals surface area contributed by atoms with Crippen LogP contribution in [0.15, 0.2) is 94.7 Å². The molecule has 0 bridgehead atoms. The van der Waals surface area contributed by atoms with Gasteiger partial charge in [-0.2, -0.15) is 0 Å². The van der Waals surface area contributed by atoms with E-state index in [1.54, 1.807) is 36.7 Å². The molecule has 5 aliphatic rings. The number of hydrogen-bond acceptors (Lipinski definition) is 10. The van der Waals surface area contributed by atoms with E-state index in [0.29, 0.717) is 42.7 Å². The molecule has 0 radical (unpaired) electrons. The van der Waals surface area contributed by atoms with Gasteiger partial charge in [0, 0.05) is 37.3 Å². The molecule has 11 nitrogen and oxygen atoms in total. The number of halogens is 2. The first-order chi connectivity index (χ1) is 24.9. The van der Waals surface area contributed by atoms with Gasteiger partial charge in [-0.25, -0.2) is 4.39 Å². The van der Waals surface area contributed by atoms with Crippen LogP contribution in [0.4, 0.5) is 15.8 Å². The van der Waals surface area contributed by atoms with Crippen molar-refractivity contribution >= 4 is 35.1 Å². The lowest BCUT2D eigenvalue weighted by molar-refractivity contribution is -0.192. The smallest absolute Gasteiger partial charge is 0.259 e. The summed E-state index contributed by atoms with van der Waals surface area (Å²) in [5.74, 6) is -0.105. The number of piperidine rings is 1. The van der Waals surface area contributed by atoms with Crippen LogP contribution in [0, 0.1) is 11.7 Å². The summed E-state index contributed by atoms with van der Waals surface area (Å²) in [5, 5.41) is 14.2. The molecule has 2 saturated heterocycles. The van der Waals surface area contributed by atoms with Crippen molar-refractivity contribution in [2.75, 3.05) is 56.8 Å². The second-order valence-electron chi connectivity index (χ2n) is 12.9. The van der Waals surface area contributed by atoms with Gasteiger partial charge < -0.3 is 43.9 Å². The minimum absolute atomic E-state index is 0.0440. The minimum Gasteiger partial charge on any atom is -0.496 e. The molecule has 2 aromatic carbocycles. The van der Waals surface area contributed by atoms with E-state index in [1.807, 2.05) is 12.2 Å². The zero-order valence-corrected chi connectivity index (χ0v) is 29.1. The lowest BCUT2D eigenvalue weighted by Gasteiger charge is -2.44. The van der Waals surface area contributed by atoms with Crippen LogP contribution in [0.2, 0.25) is 5.02 Å². The van der Waals surface area contributed by atoms with Crippen LogP contribution in [0.5, 0.6) is 5.75 Å². The fraction of sp³-hybridized carbons (Fsp3) is 0.421. The number of nitrogens with zero attached hydrogens (tertiary/aromatic N) is 3. The molecule has 7 rings (SSSR count). The molecular formula is C38H42ClFN4O7. The van der Waals surface area contributed by atoms with Crippen molar-refractivity contribution in [3.63, 3.8) is 0 Å². The number of anilines is 2. The van der Waals surface area contributed by atoms with Gasteiger partial charge in [-0.3, -0.25) is 9.79 Å². The number of rotatable bonds is 11. The summed E-state index contributed by atoms with van der Waals surface area (Å²) in [6.45, 7) is 4.92. The maximum absolute atomic E-state index is 13.5. The number of methoxy groups -OCH3 is 1. The topological polar surface area (TPSA) is 114 Å². The molecule has 5 unspecified atom stereocenters. The van der Waals surface area contributed by atoms with Crippen LogP contribution in [-0.2, 0) is 23.7 Å². The quantitative estimate of drug-likeness (QED) is 0.288. The summed E-state index contributed by atoms with van der Waals surface area (Å²) < 4.78 is 44.2. The molecule has 2 fully saturated rings. The molecule has 2 N–H and O–H groups in total. The molecule has 2 aromatic rings. The van der Waals surface area contributed by atoms with E-state index < -0.39 is 18.0 Å². The minimum atomic E-state index is -1.41. The molecule has 13 heteroatoms. The van der Waals surface area contributed by atoms with Gasteiger partial charge in [0.1, 0.15) is 47.0 Å². The second kappa shape index (κ2) is 16.1. The van der Waals surface area contributed by atoms with Crippen LogP contribution in [0.1, 0.15) is 25.7 Å². The Bertz CT molecular complexity index is 1740. The zero-order valence-electron chi connectivity index (χ0n) is 28.4. The van der Waals surface area contributed by atoms with Gasteiger partial charge in [0.2, 0.25) is 0 Å². The average molecular weight is 721 g/mol. The molecular weight excluding hydrogens is 679 g/mol. The van der Waals surface area contributed by atoms with Crippen molar-refractivity contribution in [3.8, 4) is 5.75 Å². The number of fused-ring (bicyclic) bond motifs is 3. The zero-order chi connectivity index (χ0) is 35.3. The van der Waals surface area contributed by atoms with Gasteiger partial charge in [0.25, 0.3) is 5.91 Å². The van der Waals surface area contributed by atoms with E-state index in [4.69, 9.17) is 35.3 Å². The molecule has 4 heterocycles. The van der Waals surface area contributed by atoms with Crippen molar-refractivity contribution < 1.29 is 38.0 Å². The van der Waals surface area contributed by atoms with Crippen LogP contribution < -0.4 is 15.0 Å². The molecule has 0 spiro atoms. The highest BCUT2D eigenvalue weighted by atomic mass is 35.5. The fourth-order valence-electron chi connectivity index (χ4n) is 7.14. The number of dihydropyridines is 1. The van der Waals surface area contributed by atoms with Gasteiger partial charge >= 0.3 is 0 Å². The molecule has 5 atom stereocenters. The van der Waals surface area contributed by atoms with Gasteiger partial charge in [0.15, 0.2) is 6.23 Å². The van der Waals surface area contributed by atoms with Crippen LogP contribution in [0.25, 0.3) is 0 Å². The Labute approximate surface area is 301 Å². The molecule has 1 aliphatic carbocycles. The number of likely N-dealkylation sites (tertiary alicyclic amines) is 1. The second-order valence-corrected chi connectivity index (χ2v) is 13.3. The van der Waals surface area contributed by atoms with Crippen molar-refractivity contribution in [1.29, 1.82) is 0 Å². The maximum atomic E-state index is 13.5. The molecule has 51 heavy (non-hydrogen) atoms. The van der Waals surface area contributed by atoms with E-state index in [1.165, 1.54) is 55.5 Å². The Kier molecular flexibility index (Phi) is 11.2. The lowest BCUT2D eigenvalue weighted by atomic mass is 9.82. The first-order valence-electron chi connectivity index (χ1n) is 17.4. The number of aliphatic imine (C=N–C) groups is 1. The normalized spacial score (nSPS) is 26.2. The van der Waals surface area contributed by atoms with Crippen LogP contribution >= 0.6 is 11.6 Å². The number of aliphatic hydroxyl groups is 1. The van der Waals surface area contributed by atoms with E-state index in [0.717, 1.165) is 31.8 Å². The number of benzene rings is 2. The Balaban J connectivity index is 1.02. The predicted molar refractivity (Wildman–Crippen MR) is 191 cm³/mol. The largest absolute Gasteiger partial charge is 0.496 e. The number of carbonyl (C=O) groups excluding carboxylic acids is 1. The van der Waals surface area contributed by atoms with E-state index in [-0.39, 0.29) is 40.6 Å². The van der Waals surface area contributed by atoms with Gasteiger partial charge in [0.05, 0.1) is 42.6 Å². The number of hydrogen-bond donors (Lipinski definition) is 2. The Hall–Kier alpha value is -4.04. The van der Waals surface area contributed by atoms with Crippen molar-refractivity contribution in [1.82, 2.24) is 4.90 Å². The first kappa shape index (κ1) is 35.4. The summed E-state index contributed by atoms with van der Waals surface area (Å²) >= 11 is 6.67. The van der Waals surface area contributed by atoms with Crippen molar-refractivity contribution in [2.24, 2.45) is 10.9 Å². The van der Waals surface area contributed by atoms with Crippen molar-refractivity contribution in [2.45, 2.75) is 50.2 Å². The first-order valence-corrected chi connectivity index (χ1v) is 17.8. The van der Waals surface area contributed by atoms with Gasteiger partial charge in [-0.05, 0) is 87.0 Å². The van der Waals surface area contributed by atoms with Gasteiger partial charge in [-0.1, -0.05) is 18.0 Å². The highest BCUT2D eigenvalue weighted by Gasteiger charge is 2.47. The van der Waals surface area contributed by atoms with Gasteiger partial charge in [-0.15, -0.1) is 0 Å². The molecule has 4 aliphatic heterocycles. The number of allylic oxidation sites excluding steroid dienone is 2. The summed E-state index contributed by atoms with van der Waals surface area (Å²) in [7, 11) is 1.40. The highest BCUT2D eigenvalue weighted by Crippen LogP contribution is 2.41. The number of amides is 1. The average Bonchev–Trinajstić information content (AvgIpc) is 3.15. The Morgan fingerprint density at radius 2 is 1.88 bits per heavy atom. The molecule has 1 amide bonds. The third-order valence-corrected chi connectivity index (χ3v) is 9.98. The van der Waals surface area contributed by atoms with E-state index in [9.17, 15) is 14.3 Å². The summed E-state index contributed by atoms with van der Waals surface area (Å²) in [6.07, 6.45) is 11.1.